The highest BCUT2D eigenvalue weighted by Gasteiger charge is 2.21. The van der Waals surface area contributed by atoms with Gasteiger partial charge in [0.25, 0.3) is 5.91 Å². The summed E-state index contributed by atoms with van der Waals surface area (Å²) in [6.07, 6.45) is 8.73. The topological polar surface area (TPSA) is 67.4 Å². The lowest BCUT2D eigenvalue weighted by atomic mass is 9.88. The summed E-state index contributed by atoms with van der Waals surface area (Å²) in [6, 6.07) is 14.5. The number of nitrogens with one attached hydrogen (secondary N) is 2. The normalized spacial score (nSPS) is 14.2. The molecule has 0 unspecified atom stereocenters. The number of benzene rings is 2. The maximum Gasteiger partial charge on any atom is 0.255 e. The van der Waals surface area contributed by atoms with E-state index in [2.05, 4.69) is 17.6 Å². The fraction of sp³-hybridized carbons (Fsp3) is 0.440. The first-order valence-corrected chi connectivity index (χ1v) is 11.1. The first-order chi connectivity index (χ1) is 14.7. The van der Waals surface area contributed by atoms with E-state index in [0.29, 0.717) is 23.5 Å². The van der Waals surface area contributed by atoms with E-state index >= 15 is 0 Å². The molecule has 30 heavy (non-hydrogen) atoms. The van der Waals surface area contributed by atoms with Crippen LogP contribution in [0, 0.1) is 5.92 Å². The molecule has 0 spiro atoms. The van der Waals surface area contributed by atoms with Crippen LogP contribution in [0.2, 0.25) is 0 Å². The van der Waals surface area contributed by atoms with Crippen LogP contribution in [0.4, 0.5) is 11.4 Å². The number of unbranched alkanes of at least 4 members (excludes halogenated alkanes) is 2. The second-order valence-electron chi connectivity index (χ2n) is 7.94. The quantitative estimate of drug-likeness (QED) is 0.498. The smallest absolute Gasteiger partial charge is 0.255 e. The Balaban J connectivity index is 1.53. The summed E-state index contributed by atoms with van der Waals surface area (Å²) in [5.74, 6) is 0.755. The van der Waals surface area contributed by atoms with E-state index in [0.717, 1.165) is 50.7 Å². The van der Waals surface area contributed by atoms with Crippen molar-refractivity contribution >= 4 is 23.2 Å². The zero-order valence-electron chi connectivity index (χ0n) is 17.8. The van der Waals surface area contributed by atoms with Gasteiger partial charge in [-0.3, -0.25) is 9.59 Å². The molecule has 0 saturated heterocycles. The van der Waals surface area contributed by atoms with Crippen LogP contribution in [0.1, 0.15) is 68.6 Å². The third-order valence-electron chi connectivity index (χ3n) is 5.50. The molecule has 5 nitrogen and oxygen atoms in total. The lowest BCUT2D eigenvalue weighted by Crippen LogP contribution is -2.24. The second kappa shape index (κ2) is 11.4. The van der Waals surface area contributed by atoms with E-state index in [1.165, 1.54) is 6.42 Å². The van der Waals surface area contributed by atoms with Crippen LogP contribution in [0.5, 0.6) is 5.75 Å². The van der Waals surface area contributed by atoms with Crippen molar-refractivity contribution in [2.24, 2.45) is 5.92 Å². The van der Waals surface area contributed by atoms with Gasteiger partial charge in [-0.05, 0) is 61.7 Å². The molecule has 2 aromatic rings. The first-order valence-electron chi connectivity index (χ1n) is 11.1. The molecule has 0 heterocycles. The molecule has 2 aromatic carbocycles. The highest BCUT2D eigenvalue weighted by molar-refractivity contribution is 6.04. The van der Waals surface area contributed by atoms with Gasteiger partial charge < -0.3 is 15.4 Å². The van der Waals surface area contributed by atoms with Crippen LogP contribution in [0.3, 0.4) is 0 Å². The minimum Gasteiger partial charge on any atom is -0.494 e. The number of hydrogen-bond acceptors (Lipinski definition) is 3. The lowest BCUT2D eigenvalue weighted by Gasteiger charge is -2.20. The molecule has 5 heteroatoms. The van der Waals surface area contributed by atoms with E-state index < -0.39 is 0 Å². The summed E-state index contributed by atoms with van der Waals surface area (Å²) in [5.41, 5.74) is 1.92. The van der Waals surface area contributed by atoms with Crippen molar-refractivity contribution in [3.8, 4) is 5.75 Å². The third kappa shape index (κ3) is 6.61. The van der Waals surface area contributed by atoms with Crippen molar-refractivity contribution in [2.45, 2.75) is 58.3 Å². The number of hydrogen-bond donors (Lipinski definition) is 2. The molecule has 0 aliphatic heterocycles. The summed E-state index contributed by atoms with van der Waals surface area (Å²) in [7, 11) is 0. The molecule has 1 saturated carbocycles. The number of carbonyl (C=O) groups excluding carboxylic acids is 2. The van der Waals surface area contributed by atoms with Crippen molar-refractivity contribution in [3.05, 3.63) is 54.1 Å². The standard InChI is InChI=1S/C25H32N2O3/c1-2-3-7-17-30-23-15-13-20(14-16-23)25(29)27-22-12-8-11-21(18-22)26-24(28)19-9-5-4-6-10-19/h8,11-16,18-19H,2-7,9-10,17H2,1H3,(H,26,28)(H,27,29). The van der Waals surface area contributed by atoms with Crippen LogP contribution < -0.4 is 15.4 Å². The Morgan fingerprint density at radius 3 is 2.33 bits per heavy atom. The Bertz CT molecular complexity index is 827. The molecule has 0 aromatic heterocycles. The fourth-order valence-electron chi connectivity index (χ4n) is 3.73. The van der Waals surface area contributed by atoms with Crippen molar-refractivity contribution in [2.75, 3.05) is 17.2 Å². The van der Waals surface area contributed by atoms with E-state index in [1.807, 2.05) is 30.3 Å². The monoisotopic (exact) mass is 408 g/mol. The van der Waals surface area contributed by atoms with Gasteiger partial charge in [-0.15, -0.1) is 0 Å². The summed E-state index contributed by atoms with van der Waals surface area (Å²) < 4.78 is 5.69. The molecule has 3 rings (SSSR count). The molecule has 1 fully saturated rings. The Labute approximate surface area is 179 Å². The van der Waals surface area contributed by atoms with Crippen LogP contribution >= 0.6 is 0 Å². The van der Waals surface area contributed by atoms with Crippen molar-refractivity contribution in [1.29, 1.82) is 0 Å². The van der Waals surface area contributed by atoms with E-state index in [-0.39, 0.29) is 17.7 Å². The predicted octanol–water partition coefficient (Wildman–Crippen LogP) is 6.03. The van der Waals surface area contributed by atoms with Crippen LogP contribution in [0.25, 0.3) is 0 Å². The Hall–Kier alpha value is -2.82. The van der Waals surface area contributed by atoms with Gasteiger partial charge in [0.1, 0.15) is 5.75 Å². The van der Waals surface area contributed by atoms with Crippen molar-refractivity contribution < 1.29 is 14.3 Å². The van der Waals surface area contributed by atoms with Gasteiger partial charge in [-0.25, -0.2) is 0 Å². The maximum absolute atomic E-state index is 12.6. The van der Waals surface area contributed by atoms with E-state index in [4.69, 9.17) is 4.74 Å². The van der Waals surface area contributed by atoms with E-state index in [1.54, 1.807) is 18.2 Å². The average molecular weight is 409 g/mol. The summed E-state index contributed by atoms with van der Waals surface area (Å²) in [4.78, 5) is 25.0. The minimum atomic E-state index is -0.191. The number of ether oxygens (including phenoxy) is 1. The largest absolute Gasteiger partial charge is 0.494 e. The number of anilines is 2. The molecule has 0 bridgehead atoms. The van der Waals surface area contributed by atoms with Gasteiger partial charge in [0.2, 0.25) is 5.91 Å². The second-order valence-corrected chi connectivity index (χ2v) is 7.94. The minimum absolute atomic E-state index is 0.0766. The maximum atomic E-state index is 12.6. The van der Waals surface area contributed by atoms with Gasteiger partial charge >= 0.3 is 0 Å². The number of amides is 2. The zero-order chi connectivity index (χ0) is 21.2. The van der Waals surface area contributed by atoms with E-state index in [9.17, 15) is 9.59 Å². The Kier molecular flexibility index (Phi) is 8.30. The van der Waals surface area contributed by atoms with Gasteiger partial charge in [0.15, 0.2) is 0 Å². The number of carbonyl (C=O) groups is 2. The molecule has 0 radical (unpaired) electrons. The van der Waals surface area contributed by atoms with Crippen molar-refractivity contribution in [3.63, 3.8) is 0 Å². The third-order valence-corrected chi connectivity index (χ3v) is 5.50. The van der Waals surface area contributed by atoms with Crippen LogP contribution in [0.15, 0.2) is 48.5 Å². The van der Waals surface area contributed by atoms with Gasteiger partial charge in [0, 0.05) is 22.9 Å². The van der Waals surface area contributed by atoms with Crippen LogP contribution in [-0.2, 0) is 4.79 Å². The number of rotatable bonds is 9. The molecular formula is C25H32N2O3. The van der Waals surface area contributed by atoms with Crippen LogP contribution in [-0.4, -0.2) is 18.4 Å². The summed E-state index contributed by atoms with van der Waals surface area (Å²) in [6.45, 7) is 2.85. The highest BCUT2D eigenvalue weighted by Crippen LogP contribution is 2.25. The predicted molar refractivity (Wildman–Crippen MR) is 121 cm³/mol. The summed E-state index contributed by atoms with van der Waals surface area (Å²) >= 11 is 0. The van der Waals surface area contributed by atoms with Crippen molar-refractivity contribution in [1.82, 2.24) is 0 Å². The molecule has 2 amide bonds. The Morgan fingerprint density at radius 1 is 0.933 bits per heavy atom. The lowest BCUT2D eigenvalue weighted by molar-refractivity contribution is -0.120. The molecular weight excluding hydrogens is 376 g/mol. The molecule has 2 N–H and O–H groups in total. The SMILES string of the molecule is CCCCCOc1ccc(C(=O)Nc2cccc(NC(=O)C3CCCCC3)c2)cc1. The molecule has 0 atom stereocenters. The van der Waals surface area contributed by atoms with Gasteiger partial charge in [-0.2, -0.15) is 0 Å². The average Bonchev–Trinajstić information content (AvgIpc) is 2.78. The van der Waals surface area contributed by atoms with Gasteiger partial charge in [-0.1, -0.05) is 45.1 Å². The molecule has 1 aliphatic rings. The summed E-state index contributed by atoms with van der Waals surface area (Å²) in [5, 5.41) is 5.89. The first kappa shape index (κ1) is 21.9. The Morgan fingerprint density at radius 2 is 1.63 bits per heavy atom. The van der Waals surface area contributed by atoms with Gasteiger partial charge in [0.05, 0.1) is 6.61 Å². The fourth-order valence-corrected chi connectivity index (χ4v) is 3.73. The highest BCUT2D eigenvalue weighted by atomic mass is 16.5. The molecule has 1 aliphatic carbocycles. The molecule has 160 valence electrons. The zero-order valence-corrected chi connectivity index (χ0v) is 17.8.